The number of nitrogens with zero attached hydrogens (tertiary/aromatic N) is 1. The largest absolute Gasteiger partial charge is 0.394 e. The number of amides is 2. The van der Waals surface area contributed by atoms with Gasteiger partial charge in [-0.25, -0.2) is 4.79 Å². The van der Waals surface area contributed by atoms with Crippen LogP contribution in [0.4, 0.5) is 4.79 Å². The fraction of sp³-hybridized carbons (Fsp3) is 0.700. The van der Waals surface area contributed by atoms with E-state index in [1.165, 1.54) is 18.2 Å². The van der Waals surface area contributed by atoms with Gasteiger partial charge in [-0.15, -0.1) is 0 Å². The maximum atomic E-state index is 11.8. The Morgan fingerprint density at radius 2 is 2.39 bits per heavy atom. The summed E-state index contributed by atoms with van der Waals surface area (Å²) in [6.45, 7) is -0.351. The first-order valence-corrected chi connectivity index (χ1v) is 5.58. The second kappa shape index (κ2) is 5.21. The zero-order valence-corrected chi connectivity index (χ0v) is 9.89. The standard InChI is InChI=1S/C10H17N3O5/c1-17-8-7(15)5(4-14)18-9(8)13-3-2-6(11)12-10(13)16/h2-3,5-9,14-15H,4,11H2,1H3,(H,12,16)/t5-,6+,7-,8-,9-/m1/s1. The predicted octanol–water partition coefficient (Wildman–Crippen LogP) is -2.10. The van der Waals surface area contributed by atoms with Gasteiger partial charge >= 0.3 is 6.03 Å². The number of methoxy groups -OCH3 is 1. The second-order valence-corrected chi connectivity index (χ2v) is 4.16. The number of aliphatic hydroxyl groups is 2. The van der Waals surface area contributed by atoms with Gasteiger partial charge in [-0.3, -0.25) is 4.90 Å². The lowest BCUT2D eigenvalue weighted by Gasteiger charge is -2.32. The Balaban J connectivity index is 2.17. The topological polar surface area (TPSA) is 117 Å². The summed E-state index contributed by atoms with van der Waals surface area (Å²) in [6.07, 6.45) is -0.797. The number of urea groups is 1. The predicted molar refractivity (Wildman–Crippen MR) is 60.0 cm³/mol. The van der Waals surface area contributed by atoms with Crippen molar-refractivity contribution in [1.29, 1.82) is 0 Å². The van der Waals surface area contributed by atoms with E-state index < -0.39 is 36.7 Å². The van der Waals surface area contributed by atoms with E-state index in [-0.39, 0.29) is 6.61 Å². The van der Waals surface area contributed by atoms with Crippen LogP contribution in [0.25, 0.3) is 0 Å². The Kier molecular flexibility index (Phi) is 3.83. The Morgan fingerprint density at radius 3 is 2.94 bits per heavy atom. The Labute approximate surface area is 104 Å². The van der Waals surface area contributed by atoms with Crippen molar-refractivity contribution >= 4 is 6.03 Å². The lowest BCUT2D eigenvalue weighted by Crippen LogP contribution is -2.55. The summed E-state index contributed by atoms with van der Waals surface area (Å²) in [6, 6.07) is -0.442. The van der Waals surface area contributed by atoms with Crippen molar-refractivity contribution in [2.75, 3.05) is 13.7 Å². The second-order valence-electron chi connectivity index (χ2n) is 4.16. The Hall–Kier alpha value is -1.19. The molecule has 1 fully saturated rings. The van der Waals surface area contributed by atoms with Crippen LogP contribution in [-0.4, -0.2) is 65.6 Å². The van der Waals surface area contributed by atoms with Crippen LogP contribution in [0.15, 0.2) is 12.3 Å². The summed E-state index contributed by atoms with van der Waals surface area (Å²) in [4.78, 5) is 13.0. The third kappa shape index (κ3) is 2.20. The molecule has 18 heavy (non-hydrogen) atoms. The van der Waals surface area contributed by atoms with E-state index in [0.29, 0.717) is 0 Å². The minimum atomic E-state index is -0.998. The number of carbonyl (C=O) groups excluding carboxylic acids is 1. The molecule has 2 amide bonds. The molecule has 0 spiro atoms. The van der Waals surface area contributed by atoms with Crippen LogP contribution in [0.2, 0.25) is 0 Å². The van der Waals surface area contributed by atoms with Crippen molar-refractivity contribution in [1.82, 2.24) is 10.2 Å². The summed E-state index contributed by atoms with van der Waals surface area (Å²) < 4.78 is 10.5. The van der Waals surface area contributed by atoms with Gasteiger partial charge in [0.25, 0.3) is 0 Å². The fourth-order valence-corrected chi connectivity index (χ4v) is 2.07. The highest BCUT2D eigenvalue weighted by Gasteiger charge is 2.47. The normalized spacial score (nSPS) is 40.1. The van der Waals surface area contributed by atoms with Crippen molar-refractivity contribution in [2.24, 2.45) is 5.73 Å². The van der Waals surface area contributed by atoms with Gasteiger partial charge in [0.15, 0.2) is 6.23 Å². The summed E-state index contributed by atoms with van der Waals surface area (Å²) in [5, 5.41) is 21.4. The lowest BCUT2D eigenvalue weighted by atomic mass is 10.1. The van der Waals surface area contributed by atoms with Gasteiger partial charge in [0.2, 0.25) is 0 Å². The molecule has 8 nitrogen and oxygen atoms in total. The third-order valence-corrected chi connectivity index (χ3v) is 3.02. The number of nitrogens with one attached hydrogen (secondary N) is 1. The van der Waals surface area contributed by atoms with Crippen LogP contribution in [0.5, 0.6) is 0 Å². The molecule has 0 radical (unpaired) electrons. The molecule has 0 unspecified atom stereocenters. The van der Waals surface area contributed by atoms with E-state index in [4.69, 9.17) is 20.3 Å². The smallest absolute Gasteiger partial charge is 0.325 e. The van der Waals surface area contributed by atoms with Crippen molar-refractivity contribution in [3.8, 4) is 0 Å². The zero-order chi connectivity index (χ0) is 13.3. The molecule has 0 aromatic rings. The molecule has 5 atom stereocenters. The molecule has 0 aromatic carbocycles. The first-order valence-electron chi connectivity index (χ1n) is 5.58. The average Bonchev–Trinajstić information content (AvgIpc) is 2.65. The van der Waals surface area contributed by atoms with E-state index in [2.05, 4.69) is 5.32 Å². The van der Waals surface area contributed by atoms with Gasteiger partial charge in [0, 0.05) is 13.3 Å². The monoisotopic (exact) mass is 259 g/mol. The number of rotatable bonds is 3. The molecule has 1 saturated heterocycles. The molecule has 0 saturated carbocycles. The molecular formula is C10H17N3O5. The molecule has 0 bridgehead atoms. The highest BCUT2D eigenvalue weighted by atomic mass is 16.6. The van der Waals surface area contributed by atoms with Crippen LogP contribution in [0.1, 0.15) is 0 Å². The van der Waals surface area contributed by atoms with E-state index in [1.54, 1.807) is 6.08 Å². The summed E-state index contributed by atoms with van der Waals surface area (Å²) in [7, 11) is 1.40. The number of hydrogen-bond acceptors (Lipinski definition) is 6. The van der Waals surface area contributed by atoms with Gasteiger partial charge in [-0.2, -0.15) is 0 Å². The van der Waals surface area contributed by atoms with Gasteiger partial charge in [-0.05, 0) is 6.08 Å². The lowest BCUT2D eigenvalue weighted by molar-refractivity contribution is -0.0735. The minimum Gasteiger partial charge on any atom is -0.394 e. The maximum Gasteiger partial charge on any atom is 0.325 e. The van der Waals surface area contributed by atoms with Crippen LogP contribution in [0, 0.1) is 0 Å². The quantitative estimate of drug-likeness (QED) is 0.461. The average molecular weight is 259 g/mol. The Morgan fingerprint density at radius 1 is 1.67 bits per heavy atom. The molecule has 2 rings (SSSR count). The van der Waals surface area contributed by atoms with Crippen LogP contribution < -0.4 is 11.1 Å². The summed E-state index contributed by atoms with van der Waals surface area (Å²) in [5.74, 6) is 0. The van der Waals surface area contributed by atoms with Crippen LogP contribution >= 0.6 is 0 Å². The molecule has 2 heterocycles. The van der Waals surface area contributed by atoms with Crippen LogP contribution in [0.3, 0.4) is 0 Å². The number of ether oxygens (including phenoxy) is 2. The van der Waals surface area contributed by atoms with Crippen molar-refractivity contribution in [3.63, 3.8) is 0 Å². The molecule has 0 aromatic heterocycles. The summed E-state index contributed by atoms with van der Waals surface area (Å²) >= 11 is 0. The van der Waals surface area contributed by atoms with Crippen molar-refractivity contribution in [2.45, 2.75) is 30.7 Å². The fourth-order valence-electron chi connectivity index (χ4n) is 2.07. The first kappa shape index (κ1) is 13.2. The van der Waals surface area contributed by atoms with Crippen LogP contribution in [-0.2, 0) is 9.47 Å². The highest BCUT2D eigenvalue weighted by molar-refractivity contribution is 5.77. The van der Waals surface area contributed by atoms with Gasteiger partial charge in [-0.1, -0.05) is 0 Å². The third-order valence-electron chi connectivity index (χ3n) is 3.02. The molecule has 2 aliphatic heterocycles. The van der Waals surface area contributed by atoms with Gasteiger partial charge in [0.1, 0.15) is 18.3 Å². The van der Waals surface area contributed by atoms with E-state index >= 15 is 0 Å². The molecular weight excluding hydrogens is 242 g/mol. The van der Waals surface area contributed by atoms with Gasteiger partial charge in [0.05, 0.1) is 12.8 Å². The Bertz CT molecular complexity index is 350. The molecule has 102 valence electrons. The molecule has 8 heteroatoms. The number of carbonyl (C=O) groups is 1. The van der Waals surface area contributed by atoms with E-state index in [1.807, 2.05) is 0 Å². The number of nitrogens with two attached hydrogens (primary N) is 1. The van der Waals surface area contributed by atoms with E-state index in [0.717, 1.165) is 0 Å². The molecule has 2 aliphatic rings. The van der Waals surface area contributed by atoms with Gasteiger partial charge < -0.3 is 30.7 Å². The SMILES string of the molecule is CO[C@@H]1[C@H](O)[C@@H](CO)O[C@H]1N1C=C[C@@H](N)NC1=O. The number of hydrogen-bond donors (Lipinski definition) is 4. The highest BCUT2D eigenvalue weighted by Crippen LogP contribution is 2.27. The summed E-state index contributed by atoms with van der Waals surface area (Å²) in [5.41, 5.74) is 5.53. The van der Waals surface area contributed by atoms with Crippen molar-refractivity contribution in [3.05, 3.63) is 12.3 Å². The zero-order valence-electron chi connectivity index (χ0n) is 9.89. The number of aliphatic hydroxyl groups excluding tert-OH is 2. The van der Waals surface area contributed by atoms with E-state index in [9.17, 15) is 9.90 Å². The molecule has 5 N–H and O–H groups in total. The maximum absolute atomic E-state index is 11.8. The van der Waals surface area contributed by atoms with Crippen molar-refractivity contribution < 1.29 is 24.5 Å². The molecule has 0 aliphatic carbocycles. The first-order chi connectivity index (χ1) is 8.58. The minimum absolute atomic E-state index is 0.351.